The van der Waals surface area contributed by atoms with Crippen molar-refractivity contribution in [1.29, 1.82) is 0 Å². The molecule has 0 radical (unpaired) electrons. The summed E-state index contributed by atoms with van der Waals surface area (Å²) in [7, 11) is 0. The van der Waals surface area contributed by atoms with Crippen molar-refractivity contribution >= 4 is 35.1 Å². The Kier molecular flexibility index (Phi) is 7.34. The lowest BCUT2D eigenvalue weighted by atomic mass is 10.0. The minimum Gasteiger partial charge on any atom is -0.483 e. The lowest BCUT2D eigenvalue weighted by Crippen LogP contribution is -2.49. The van der Waals surface area contributed by atoms with Crippen LogP contribution in [-0.2, 0) is 4.79 Å². The summed E-state index contributed by atoms with van der Waals surface area (Å²) >= 11 is 0. The van der Waals surface area contributed by atoms with E-state index in [1.807, 2.05) is 13.0 Å². The number of pyridine rings is 1. The zero-order valence-corrected chi connectivity index (χ0v) is 18.5. The normalized spacial score (nSPS) is 16.5. The zero-order valence-electron chi connectivity index (χ0n) is 18.5. The molecule has 4 rings (SSSR count). The first-order valence-electron chi connectivity index (χ1n) is 10.5. The van der Waals surface area contributed by atoms with Crippen molar-refractivity contribution in [2.24, 2.45) is 0 Å². The zero-order chi connectivity index (χ0) is 24.2. The van der Waals surface area contributed by atoms with E-state index in [2.05, 4.69) is 43.7 Å². The van der Waals surface area contributed by atoms with Crippen LogP contribution < -0.4 is 10.2 Å². The third-order valence-electron chi connectivity index (χ3n) is 5.31. The van der Waals surface area contributed by atoms with Gasteiger partial charge in [0.05, 0.1) is 11.7 Å². The van der Waals surface area contributed by atoms with Crippen LogP contribution in [0.15, 0.2) is 24.5 Å². The van der Waals surface area contributed by atoms with Crippen molar-refractivity contribution in [2.45, 2.75) is 58.3 Å². The van der Waals surface area contributed by atoms with Gasteiger partial charge in [0.1, 0.15) is 29.0 Å². The van der Waals surface area contributed by atoms with E-state index in [4.69, 9.17) is 9.90 Å². The summed E-state index contributed by atoms with van der Waals surface area (Å²) in [5.41, 5.74) is 1.72. The Hall–Kier alpha value is -3.44. The highest BCUT2D eigenvalue weighted by Crippen LogP contribution is 2.34. The summed E-state index contributed by atoms with van der Waals surface area (Å²) in [5, 5.41) is 9.98. The highest BCUT2D eigenvalue weighted by atomic mass is 19.4. The molecule has 9 nitrogen and oxygen atoms in total. The first kappa shape index (κ1) is 24.2. The maximum Gasteiger partial charge on any atom is 0.408 e. The largest absolute Gasteiger partial charge is 0.483 e. The fraction of sp³-hybridized carbons (Fsp3) is 0.476. The van der Waals surface area contributed by atoms with E-state index in [0.29, 0.717) is 24.5 Å². The number of rotatable bonds is 4. The van der Waals surface area contributed by atoms with Crippen LogP contribution in [-0.4, -0.2) is 54.8 Å². The highest BCUT2D eigenvalue weighted by molar-refractivity contribution is 5.79. The summed E-state index contributed by atoms with van der Waals surface area (Å²) in [6.45, 7) is 6.13. The Morgan fingerprint density at radius 1 is 1.21 bits per heavy atom. The van der Waals surface area contributed by atoms with Crippen LogP contribution in [0.25, 0.3) is 11.0 Å². The minimum absolute atomic E-state index is 0.0568. The van der Waals surface area contributed by atoms with Gasteiger partial charge in [-0.15, -0.1) is 0 Å². The van der Waals surface area contributed by atoms with Gasteiger partial charge < -0.3 is 19.9 Å². The number of fused-ring (bicyclic) bond motifs is 1. The number of hydrogen-bond donors (Lipinski definition) is 2. The number of nitrogens with one attached hydrogen (secondary N) is 1. The Balaban J connectivity index is 0.000000968. The van der Waals surface area contributed by atoms with E-state index in [-0.39, 0.29) is 31.4 Å². The molecule has 0 aliphatic carbocycles. The molecule has 3 aromatic rings. The SMILES string of the molecule is Cc1nc2cnc(Nc3ccnc(N4CCCCC4C(F)(F)F)n3)cc2n1C(C)C.O=CO. The summed E-state index contributed by atoms with van der Waals surface area (Å²) in [6.07, 6.45) is 0.119. The molecule has 1 aliphatic heterocycles. The van der Waals surface area contributed by atoms with Crippen LogP contribution in [0.5, 0.6) is 0 Å². The predicted molar refractivity (Wildman–Crippen MR) is 118 cm³/mol. The third kappa shape index (κ3) is 5.49. The van der Waals surface area contributed by atoms with Crippen LogP contribution in [0.1, 0.15) is 45.0 Å². The average molecular weight is 465 g/mol. The van der Waals surface area contributed by atoms with Crippen LogP contribution in [0.2, 0.25) is 0 Å². The number of carboxylic acid groups (broad SMARTS) is 1. The van der Waals surface area contributed by atoms with Gasteiger partial charge in [0.2, 0.25) is 5.95 Å². The number of imidazole rings is 1. The van der Waals surface area contributed by atoms with Gasteiger partial charge in [0.25, 0.3) is 6.47 Å². The molecule has 0 spiro atoms. The number of aromatic nitrogens is 5. The summed E-state index contributed by atoms with van der Waals surface area (Å²) < 4.78 is 42.4. The summed E-state index contributed by atoms with van der Waals surface area (Å²) in [4.78, 5) is 26.9. The van der Waals surface area contributed by atoms with Gasteiger partial charge in [0, 0.05) is 24.8 Å². The van der Waals surface area contributed by atoms with Crippen molar-refractivity contribution in [1.82, 2.24) is 24.5 Å². The molecule has 2 N–H and O–H groups in total. The van der Waals surface area contributed by atoms with Crippen LogP contribution in [0, 0.1) is 6.92 Å². The number of piperidine rings is 1. The molecule has 33 heavy (non-hydrogen) atoms. The number of aryl methyl sites for hydroxylation is 1. The number of hydrogen-bond acceptors (Lipinski definition) is 7. The third-order valence-corrected chi connectivity index (χ3v) is 5.31. The molecule has 0 aromatic carbocycles. The van der Waals surface area contributed by atoms with Gasteiger partial charge in [-0.3, -0.25) is 4.79 Å². The van der Waals surface area contributed by atoms with Crippen molar-refractivity contribution in [3.05, 3.63) is 30.4 Å². The second kappa shape index (κ2) is 10.0. The Labute approximate surface area is 188 Å². The maximum atomic E-state index is 13.4. The summed E-state index contributed by atoms with van der Waals surface area (Å²) in [6, 6.07) is 2.16. The Morgan fingerprint density at radius 3 is 2.61 bits per heavy atom. The van der Waals surface area contributed by atoms with Crippen LogP contribution >= 0.6 is 0 Å². The van der Waals surface area contributed by atoms with Crippen LogP contribution in [0.4, 0.5) is 30.8 Å². The molecule has 12 heteroatoms. The van der Waals surface area contributed by atoms with Gasteiger partial charge >= 0.3 is 6.18 Å². The molecule has 1 fully saturated rings. The first-order chi connectivity index (χ1) is 15.7. The second-order valence-electron chi connectivity index (χ2n) is 7.90. The molecule has 3 aromatic heterocycles. The standard InChI is InChI=1S/C20H24F3N7.CH2O2/c1-12(2)30-13(3)26-14-11-25-18(10-15(14)30)27-17-7-8-24-19(28-17)29-9-5-4-6-16(29)20(21,22)23;2-1-3/h7-8,10-12,16H,4-6,9H2,1-3H3,(H,24,25,27,28);1H,(H,2,3). The van der Waals surface area contributed by atoms with E-state index in [1.165, 1.54) is 11.1 Å². The molecule has 0 bridgehead atoms. The van der Waals surface area contributed by atoms with Gasteiger partial charge in [-0.25, -0.2) is 15.0 Å². The molecule has 1 unspecified atom stereocenters. The van der Waals surface area contributed by atoms with Crippen molar-refractivity contribution in [3.8, 4) is 0 Å². The van der Waals surface area contributed by atoms with E-state index in [1.54, 1.807) is 12.3 Å². The molecular weight excluding hydrogens is 439 g/mol. The van der Waals surface area contributed by atoms with Gasteiger partial charge in [-0.2, -0.15) is 18.2 Å². The van der Waals surface area contributed by atoms with E-state index < -0.39 is 12.2 Å². The molecule has 4 heterocycles. The molecule has 1 aliphatic rings. The lowest BCUT2D eigenvalue weighted by molar-refractivity contribution is -0.152. The van der Waals surface area contributed by atoms with Crippen molar-refractivity contribution in [2.75, 3.05) is 16.8 Å². The van der Waals surface area contributed by atoms with E-state index >= 15 is 0 Å². The van der Waals surface area contributed by atoms with E-state index in [9.17, 15) is 13.2 Å². The Morgan fingerprint density at radius 2 is 1.94 bits per heavy atom. The fourth-order valence-corrected chi connectivity index (χ4v) is 4.04. The van der Waals surface area contributed by atoms with Crippen LogP contribution in [0.3, 0.4) is 0 Å². The monoisotopic (exact) mass is 465 g/mol. The molecule has 0 saturated carbocycles. The van der Waals surface area contributed by atoms with Crippen molar-refractivity contribution in [3.63, 3.8) is 0 Å². The molecule has 1 atom stereocenters. The minimum atomic E-state index is -4.31. The topological polar surface area (TPSA) is 109 Å². The van der Waals surface area contributed by atoms with Crippen molar-refractivity contribution < 1.29 is 23.1 Å². The number of anilines is 3. The van der Waals surface area contributed by atoms with Gasteiger partial charge in [-0.05, 0) is 46.1 Å². The fourth-order valence-electron chi connectivity index (χ4n) is 4.04. The molecule has 178 valence electrons. The number of carbonyl (C=O) groups is 1. The number of halogens is 3. The average Bonchev–Trinajstić information content (AvgIpc) is 3.09. The lowest BCUT2D eigenvalue weighted by Gasteiger charge is -2.36. The molecule has 1 saturated heterocycles. The van der Waals surface area contributed by atoms with Gasteiger partial charge in [0.15, 0.2) is 0 Å². The van der Waals surface area contributed by atoms with E-state index in [0.717, 1.165) is 16.9 Å². The quantitative estimate of drug-likeness (QED) is 0.543. The second-order valence-corrected chi connectivity index (χ2v) is 7.90. The molecular formula is C21H26F3N7O2. The summed E-state index contributed by atoms with van der Waals surface area (Å²) in [5.74, 6) is 1.91. The number of alkyl halides is 3. The first-order valence-corrected chi connectivity index (χ1v) is 10.5. The van der Waals surface area contributed by atoms with Gasteiger partial charge in [-0.1, -0.05) is 0 Å². The highest BCUT2D eigenvalue weighted by Gasteiger charge is 2.45. The smallest absolute Gasteiger partial charge is 0.408 e. The predicted octanol–water partition coefficient (Wildman–Crippen LogP) is 4.48. The number of nitrogens with zero attached hydrogens (tertiary/aromatic N) is 6. The molecule has 0 amide bonds. The maximum absolute atomic E-state index is 13.4. The Bertz CT molecular complexity index is 1100.